The fraction of sp³-hybridized carbons (Fsp3) is 0.318. The van der Waals surface area contributed by atoms with Gasteiger partial charge in [-0.1, -0.05) is 6.07 Å². The number of nitrogens with one attached hydrogen (secondary N) is 1. The fourth-order valence-corrected chi connectivity index (χ4v) is 3.78. The number of ether oxygens (including phenoxy) is 1. The Morgan fingerprint density at radius 3 is 2.97 bits per heavy atom. The molecule has 0 spiro atoms. The van der Waals surface area contributed by atoms with Crippen LogP contribution in [0.3, 0.4) is 0 Å². The van der Waals surface area contributed by atoms with Crippen LogP contribution in [0, 0.1) is 6.92 Å². The third kappa shape index (κ3) is 3.99. The molecule has 1 amide bonds. The Kier molecular flexibility index (Phi) is 5.67. The second-order valence-corrected chi connectivity index (χ2v) is 7.35. The van der Waals surface area contributed by atoms with E-state index in [1.54, 1.807) is 17.0 Å². The maximum atomic E-state index is 11.9. The minimum atomic E-state index is -0.487. The number of aliphatic hydroxyl groups excluding tert-OH is 1. The van der Waals surface area contributed by atoms with Gasteiger partial charge in [0.2, 0.25) is 5.91 Å². The highest BCUT2D eigenvalue weighted by Crippen LogP contribution is 2.33. The Morgan fingerprint density at radius 1 is 1.30 bits per heavy atom. The first kappa shape index (κ1) is 19.9. The van der Waals surface area contributed by atoms with Gasteiger partial charge in [0.15, 0.2) is 0 Å². The van der Waals surface area contributed by atoms with Crippen LogP contribution in [0.2, 0.25) is 0 Å². The molecule has 2 aromatic carbocycles. The summed E-state index contributed by atoms with van der Waals surface area (Å²) in [5.41, 5.74) is 2.27. The number of hydrogen-bond donors (Lipinski definition) is 3. The van der Waals surface area contributed by atoms with Crippen LogP contribution in [-0.4, -0.2) is 56.8 Å². The number of hydrogen-bond acceptors (Lipinski definition) is 7. The van der Waals surface area contributed by atoms with E-state index in [9.17, 15) is 15.0 Å². The molecule has 3 N–H and O–H groups in total. The van der Waals surface area contributed by atoms with Crippen molar-refractivity contribution in [2.45, 2.75) is 25.8 Å². The van der Waals surface area contributed by atoms with Crippen molar-refractivity contribution in [3.05, 3.63) is 48.3 Å². The number of aromatic nitrogens is 2. The SMILES string of the molecule is Cc1cc(Nc2ncnc3cccc(OC[C@H]4CCCN4C(=O)CO)c23)ccc1O. The molecule has 1 aromatic heterocycles. The second-order valence-electron chi connectivity index (χ2n) is 7.35. The van der Waals surface area contributed by atoms with Gasteiger partial charge in [0.25, 0.3) is 0 Å². The molecule has 0 radical (unpaired) electrons. The maximum Gasteiger partial charge on any atom is 0.248 e. The molecule has 1 saturated heterocycles. The van der Waals surface area contributed by atoms with E-state index in [1.165, 1.54) is 6.33 Å². The Labute approximate surface area is 174 Å². The summed E-state index contributed by atoms with van der Waals surface area (Å²) in [6.45, 7) is 2.31. The molecule has 1 fully saturated rings. The number of anilines is 2. The van der Waals surface area contributed by atoms with Crippen LogP contribution in [0.4, 0.5) is 11.5 Å². The summed E-state index contributed by atoms with van der Waals surface area (Å²) in [6, 6.07) is 10.8. The number of phenolic OH excluding ortho intramolecular Hbond substituents is 1. The summed E-state index contributed by atoms with van der Waals surface area (Å²) in [5.74, 6) is 1.17. The van der Waals surface area contributed by atoms with Crippen LogP contribution < -0.4 is 10.1 Å². The number of aliphatic hydroxyl groups is 1. The average Bonchev–Trinajstić information content (AvgIpc) is 3.23. The van der Waals surface area contributed by atoms with Crippen molar-refractivity contribution in [1.82, 2.24) is 14.9 Å². The van der Waals surface area contributed by atoms with E-state index in [1.807, 2.05) is 31.2 Å². The van der Waals surface area contributed by atoms with E-state index in [0.29, 0.717) is 24.7 Å². The molecule has 1 aliphatic rings. The molecule has 30 heavy (non-hydrogen) atoms. The third-order valence-electron chi connectivity index (χ3n) is 5.35. The van der Waals surface area contributed by atoms with Gasteiger partial charge in [0.05, 0.1) is 16.9 Å². The largest absolute Gasteiger partial charge is 0.508 e. The predicted octanol–water partition coefficient (Wildman–Crippen LogP) is 2.75. The summed E-state index contributed by atoms with van der Waals surface area (Å²) in [6.07, 6.45) is 3.22. The number of amides is 1. The van der Waals surface area contributed by atoms with Crippen LogP contribution in [0.5, 0.6) is 11.5 Å². The number of carbonyl (C=O) groups is 1. The predicted molar refractivity (Wildman–Crippen MR) is 113 cm³/mol. The summed E-state index contributed by atoms with van der Waals surface area (Å²) < 4.78 is 6.11. The van der Waals surface area contributed by atoms with Crippen molar-refractivity contribution in [3.8, 4) is 11.5 Å². The molecular weight excluding hydrogens is 384 g/mol. The zero-order valence-electron chi connectivity index (χ0n) is 16.7. The summed E-state index contributed by atoms with van der Waals surface area (Å²) in [5, 5.41) is 23.0. The number of aryl methyl sites for hydroxylation is 1. The van der Waals surface area contributed by atoms with Gasteiger partial charge in [-0.25, -0.2) is 9.97 Å². The van der Waals surface area contributed by atoms with Crippen molar-refractivity contribution in [2.75, 3.05) is 25.1 Å². The van der Waals surface area contributed by atoms with Gasteiger partial charge in [-0.3, -0.25) is 4.79 Å². The molecule has 1 aliphatic heterocycles. The molecule has 8 nitrogen and oxygen atoms in total. The lowest BCUT2D eigenvalue weighted by molar-refractivity contribution is -0.135. The zero-order valence-corrected chi connectivity index (χ0v) is 16.7. The topological polar surface area (TPSA) is 108 Å². The summed E-state index contributed by atoms with van der Waals surface area (Å²) >= 11 is 0. The van der Waals surface area contributed by atoms with E-state index < -0.39 is 6.61 Å². The molecular formula is C22H24N4O4. The van der Waals surface area contributed by atoms with Gasteiger partial charge in [-0.05, 0) is 55.7 Å². The van der Waals surface area contributed by atoms with E-state index >= 15 is 0 Å². The van der Waals surface area contributed by atoms with E-state index in [-0.39, 0.29) is 17.7 Å². The number of aromatic hydroxyl groups is 1. The number of phenols is 1. The van der Waals surface area contributed by atoms with Crippen LogP contribution in [0.15, 0.2) is 42.7 Å². The molecule has 0 unspecified atom stereocenters. The van der Waals surface area contributed by atoms with Crippen molar-refractivity contribution in [1.29, 1.82) is 0 Å². The van der Waals surface area contributed by atoms with Crippen molar-refractivity contribution in [2.24, 2.45) is 0 Å². The molecule has 3 aromatic rings. The number of rotatable bonds is 6. The van der Waals surface area contributed by atoms with Gasteiger partial charge in [-0.15, -0.1) is 0 Å². The first-order chi connectivity index (χ1) is 14.6. The molecule has 0 aliphatic carbocycles. The van der Waals surface area contributed by atoms with Crippen molar-refractivity contribution < 1.29 is 19.7 Å². The van der Waals surface area contributed by atoms with E-state index in [0.717, 1.165) is 35.0 Å². The Bertz CT molecular complexity index is 1070. The van der Waals surface area contributed by atoms with Crippen LogP contribution in [0.1, 0.15) is 18.4 Å². The first-order valence-electron chi connectivity index (χ1n) is 9.90. The van der Waals surface area contributed by atoms with Crippen LogP contribution in [0.25, 0.3) is 10.9 Å². The van der Waals surface area contributed by atoms with E-state index in [2.05, 4.69) is 15.3 Å². The molecule has 156 valence electrons. The minimum absolute atomic E-state index is 0.0688. The van der Waals surface area contributed by atoms with Crippen molar-refractivity contribution >= 4 is 28.3 Å². The second kappa shape index (κ2) is 8.54. The average molecular weight is 408 g/mol. The van der Waals surface area contributed by atoms with Gasteiger partial charge in [0.1, 0.15) is 36.9 Å². The number of likely N-dealkylation sites (tertiary alicyclic amines) is 1. The number of benzene rings is 2. The molecule has 8 heteroatoms. The van der Waals surface area contributed by atoms with Gasteiger partial charge in [-0.2, -0.15) is 0 Å². The fourth-order valence-electron chi connectivity index (χ4n) is 3.78. The highest BCUT2D eigenvalue weighted by atomic mass is 16.5. The number of fused-ring (bicyclic) bond motifs is 1. The smallest absolute Gasteiger partial charge is 0.248 e. The highest BCUT2D eigenvalue weighted by molar-refractivity contribution is 5.95. The minimum Gasteiger partial charge on any atom is -0.508 e. The quantitative estimate of drug-likeness (QED) is 0.538. The normalized spacial score (nSPS) is 16.1. The lowest BCUT2D eigenvalue weighted by atomic mass is 10.1. The molecule has 2 heterocycles. The number of carbonyl (C=O) groups excluding carboxylic acids is 1. The standard InChI is InChI=1S/C22H24N4O4/c1-14-10-15(7-8-18(14)28)25-22-21-17(23-13-24-22)5-2-6-19(21)30-12-16-4-3-9-26(16)20(29)11-27/h2,5-8,10,13,16,27-28H,3-4,9,11-12H2,1H3,(H,23,24,25)/t16-/m1/s1. The first-order valence-corrected chi connectivity index (χ1v) is 9.90. The third-order valence-corrected chi connectivity index (χ3v) is 5.35. The van der Waals surface area contributed by atoms with E-state index in [4.69, 9.17) is 4.74 Å². The van der Waals surface area contributed by atoms with Crippen LogP contribution in [-0.2, 0) is 4.79 Å². The Morgan fingerprint density at radius 2 is 2.17 bits per heavy atom. The van der Waals surface area contributed by atoms with Gasteiger partial charge < -0.3 is 25.2 Å². The van der Waals surface area contributed by atoms with Gasteiger partial charge >= 0.3 is 0 Å². The van der Waals surface area contributed by atoms with Gasteiger partial charge in [0, 0.05) is 12.2 Å². The zero-order chi connectivity index (χ0) is 21.1. The highest BCUT2D eigenvalue weighted by Gasteiger charge is 2.29. The number of nitrogens with zero attached hydrogens (tertiary/aromatic N) is 3. The molecule has 1 atom stereocenters. The van der Waals surface area contributed by atoms with Crippen molar-refractivity contribution in [3.63, 3.8) is 0 Å². The molecule has 0 bridgehead atoms. The molecule has 4 rings (SSSR count). The monoisotopic (exact) mass is 408 g/mol. The Hall–Kier alpha value is -3.39. The van der Waals surface area contributed by atoms with Crippen LogP contribution >= 0.6 is 0 Å². The molecule has 0 saturated carbocycles. The Balaban J connectivity index is 1.61. The lowest BCUT2D eigenvalue weighted by Gasteiger charge is -2.24. The maximum absolute atomic E-state index is 11.9. The summed E-state index contributed by atoms with van der Waals surface area (Å²) in [7, 11) is 0. The lowest BCUT2D eigenvalue weighted by Crippen LogP contribution is -2.40. The summed E-state index contributed by atoms with van der Waals surface area (Å²) in [4.78, 5) is 22.3.